The van der Waals surface area contributed by atoms with E-state index < -0.39 is 18.6 Å². The van der Waals surface area contributed by atoms with E-state index in [2.05, 4.69) is 15.9 Å². The van der Waals surface area contributed by atoms with Gasteiger partial charge in [-0.3, -0.25) is 0 Å². The van der Waals surface area contributed by atoms with Crippen molar-refractivity contribution >= 4 is 38.9 Å². The molecule has 1 atom stereocenters. The van der Waals surface area contributed by atoms with E-state index in [1.165, 1.54) is 6.07 Å². The van der Waals surface area contributed by atoms with E-state index in [0.717, 1.165) is 11.3 Å². The first-order valence-electron chi connectivity index (χ1n) is 3.56. The molecular weight excluding hydrogens is 303 g/mol. The smallest absolute Gasteiger partial charge is 0.323 e. The Morgan fingerprint density at radius 1 is 1.57 bits per heavy atom. The zero-order chi connectivity index (χ0) is 10.9. The van der Waals surface area contributed by atoms with Gasteiger partial charge in [0.05, 0.1) is 6.42 Å². The predicted octanol–water partition coefficient (Wildman–Crippen LogP) is 4.12. The summed E-state index contributed by atoms with van der Waals surface area (Å²) in [5.74, 6) is 0. The molecule has 0 aromatic carbocycles. The molecule has 0 fully saturated rings. The molecule has 1 unspecified atom stereocenters. The van der Waals surface area contributed by atoms with Crippen LogP contribution in [0.5, 0.6) is 0 Å². The van der Waals surface area contributed by atoms with Gasteiger partial charge in [-0.05, 0) is 22.0 Å². The van der Waals surface area contributed by atoms with Crippen molar-refractivity contribution in [2.24, 2.45) is 5.73 Å². The van der Waals surface area contributed by atoms with Crippen LogP contribution in [-0.4, -0.2) is 6.18 Å². The summed E-state index contributed by atoms with van der Waals surface area (Å²) in [5, 5.41) is 0. The second-order valence-corrected chi connectivity index (χ2v) is 5.24. The van der Waals surface area contributed by atoms with Gasteiger partial charge >= 0.3 is 6.18 Å². The van der Waals surface area contributed by atoms with Crippen molar-refractivity contribution in [1.29, 1.82) is 0 Å². The molecule has 0 saturated heterocycles. The minimum absolute atomic E-state index is 0.414. The molecule has 80 valence electrons. The molecule has 0 aliphatic carbocycles. The second-order valence-electron chi connectivity index (χ2n) is 2.70. The summed E-state index contributed by atoms with van der Waals surface area (Å²) in [6.45, 7) is 0. The molecule has 1 nitrogen and oxygen atoms in total. The van der Waals surface area contributed by atoms with Crippen LogP contribution in [-0.2, 0) is 0 Å². The predicted molar refractivity (Wildman–Crippen MR) is 54.6 cm³/mol. The van der Waals surface area contributed by atoms with E-state index in [1.54, 1.807) is 0 Å². The van der Waals surface area contributed by atoms with Gasteiger partial charge in [0, 0.05) is 15.4 Å². The highest BCUT2D eigenvalue weighted by Gasteiger charge is 2.31. The molecule has 7 heteroatoms. The number of hydrogen-bond acceptors (Lipinski definition) is 2. The summed E-state index contributed by atoms with van der Waals surface area (Å²) < 4.78 is 36.9. The third-order valence-corrected chi connectivity index (χ3v) is 4.09. The van der Waals surface area contributed by atoms with E-state index in [1.807, 2.05) is 0 Å². The lowest BCUT2D eigenvalue weighted by Gasteiger charge is -2.11. The van der Waals surface area contributed by atoms with E-state index in [0.29, 0.717) is 13.7 Å². The lowest BCUT2D eigenvalue weighted by molar-refractivity contribution is -0.138. The van der Waals surface area contributed by atoms with Crippen LogP contribution in [0.15, 0.2) is 10.5 Å². The second kappa shape index (κ2) is 4.38. The maximum Gasteiger partial charge on any atom is 0.390 e. The van der Waals surface area contributed by atoms with E-state index >= 15 is 0 Å². The molecule has 0 radical (unpaired) electrons. The Kier molecular flexibility index (Phi) is 3.85. The number of thiophene rings is 1. The van der Waals surface area contributed by atoms with Crippen molar-refractivity contribution < 1.29 is 13.2 Å². The highest BCUT2D eigenvalue weighted by Crippen LogP contribution is 2.37. The molecule has 0 saturated carbocycles. The Bertz CT molecular complexity index is 306. The van der Waals surface area contributed by atoms with Gasteiger partial charge < -0.3 is 5.73 Å². The summed E-state index contributed by atoms with van der Waals surface area (Å²) in [5.41, 5.74) is 5.37. The minimum atomic E-state index is -4.25. The normalized spacial score (nSPS) is 14.4. The zero-order valence-corrected chi connectivity index (χ0v) is 9.90. The molecule has 0 amide bonds. The highest BCUT2D eigenvalue weighted by molar-refractivity contribution is 9.10. The molecule has 1 aromatic rings. The fourth-order valence-electron chi connectivity index (χ4n) is 0.896. The number of hydrogen-bond donors (Lipinski definition) is 1. The average molecular weight is 309 g/mol. The SMILES string of the molecule is NC(CC(F)(F)F)c1cc(Br)c(Cl)s1. The largest absolute Gasteiger partial charge is 0.390 e. The van der Waals surface area contributed by atoms with Crippen LogP contribution in [0, 0.1) is 0 Å². The van der Waals surface area contributed by atoms with Gasteiger partial charge in [-0.2, -0.15) is 13.2 Å². The average Bonchev–Trinajstić information content (AvgIpc) is 2.28. The topological polar surface area (TPSA) is 26.0 Å². The number of rotatable bonds is 2. The Morgan fingerprint density at radius 3 is 2.50 bits per heavy atom. The summed E-state index contributed by atoms with van der Waals surface area (Å²) in [4.78, 5) is 0.430. The molecule has 1 heterocycles. The van der Waals surface area contributed by atoms with Gasteiger partial charge in [-0.1, -0.05) is 11.6 Å². The van der Waals surface area contributed by atoms with Crippen LogP contribution in [0.4, 0.5) is 13.2 Å². The first-order chi connectivity index (χ1) is 6.29. The molecule has 1 rings (SSSR count). The number of halogens is 5. The molecule has 0 aliphatic heterocycles. The van der Waals surface area contributed by atoms with E-state index in [9.17, 15) is 13.2 Å². The van der Waals surface area contributed by atoms with Crippen molar-refractivity contribution in [3.8, 4) is 0 Å². The molecule has 2 N–H and O–H groups in total. The summed E-state index contributed by atoms with van der Waals surface area (Å²) in [7, 11) is 0. The van der Waals surface area contributed by atoms with Crippen molar-refractivity contribution in [2.45, 2.75) is 18.6 Å². The third-order valence-electron chi connectivity index (χ3n) is 1.48. The van der Waals surface area contributed by atoms with Gasteiger partial charge in [0.15, 0.2) is 0 Å². The van der Waals surface area contributed by atoms with Crippen molar-refractivity contribution in [2.75, 3.05) is 0 Å². The van der Waals surface area contributed by atoms with Crippen molar-refractivity contribution in [3.63, 3.8) is 0 Å². The first kappa shape index (κ1) is 12.3. The summed E-state index contributed by atoms with van der Waals surface area (Å²) in [6.07, 6.45) is -5.28. The van der Waals surface area contributed by atoms with Gasteiger partial charge in [-0.25, -0.2) is 0 Å². The van der Waals surface area contributed by atoms with Gasteiger partial charge in [0.2, 0.25) is 0 Å². The van der Waals surface area contributed by atoms with Crippen molar-refractivity contribution in [1.82, 2.24) is 0 Å². The molecule has 0 aliphatic rings. The maximum atomic E-state index is 12.0. The number of nitrogens with two attached hydrogens (primary N) is 1. The summed E-state index contributed by atoms with van der Waals surface area (Å²) in [6, 6.07) is 0.479. The van der Waals surface area contributed by atoms with E-state index in [-0.39, 0.29) is 0 Å². The van der Waals surface area contributed by atoms with Crippen LogP contribution >= 0.6 is 38.9 Å². The Balaban J connectivity index is 2.75. The first-order valence-corrected chi connectivity index (χ1v) is 5.55. The van der Waals surface area contributed by atoms with Crippen LogP contribution in [0.25, 0.3) is 0 Å². The Morgan fingerprint density at radius 2 is 2.14 bits per heavy atom. The third kappa shape index (κ3) is 3.42. The number of alkyl halides is 3. The zero-order valence-electron chi connectivity index (χ0n) is 6.74. The lowest BCUT2D eigenvalue weighted by atomic mass is 10.2. The standard InChI is InChI=1S/C7H6BrClF3NS/c8-3-1-5(14-6(3)9)4(13)2-7(10,11)12/h1,4H,2,13H2. The maximum absolute atomic E-state index is 12.0. The summed E-state index contributed by atoms with van der Waals surface area (Å²) >= 11 is 9.84. The fraction of sp³-hybridized carbons (Fsp3) is 0.429. The van der Waals surface area contributed by atoms with Crippen molar-refractivity contribution in [3.05, 3.63) is 19.8 Å². The highest BCUT2D eigenvalue weighted by atomic mass is 79.9. The van der Waals surface area contributed by atoms with Gasteiger partial charge in [-0.15, -0.1) is 11.3 Å². The lowest BCUT2D eigenvalue weighted by Crippen LogP contribution is -2.19. The van der Waals surface area contributed by atoms with Gasteiger partial charge in [0.1, 0.15) is 4.34 Å². The van der Waals surface area contributed by atoms with Crippen LogP contribution in [0.3, 0.4) is 0 Å². The Labute approximate surface area is 96.2 Å². The molecule has 0 spiro atoms. The quantitative estimate of drug-likeness (QED) is 0.874. The van der Waals surface area contributed by atoms with Crippen LogP contribution in [0.2, 0.25) is 4.34 Å². The Hall–Kier alpha value is 0.220. The molecular formula is C7H6BrClF3NS. The van der Waals surface area contributed by atoms with Crippen LogP contribution < -0.4 is 5.73 Å². The van der Waals surface area contributed by atoms with E-state index in [4.69, 9.17) is 17.3 Å². The molecule has 1 aromatic heterocycles. The monoisotopic (exact) mass is 307 g/mol. The fourth-order valence-corrected chi connectivity index (χ4v) is 2.63. The minimum Gasteiger partial charge on any atom is -0.323 e. The van der Waals surface area contributed by atoms with Gasteiger partial charge in [0.25, 0.3) is 0 Å². The molecule has 14 heavy (non-hydrogen) atoms. The molecule has 0 bridgehead atoms. The van der Waals surface area contributed by atoms with Crippen LogP contribution in [0.1, 0.15) is 17.3 Å².